The van der Waals surface area contributed by atoms with Crippen LogP contribution >= 0.6 is 0 Å². The summed E-state index contributed by atoms with van der Waals surface area (Å²) in [6, 6.07) is 7.00. The van der Waals surface area contributed by atoms with Gasteiger partial charge in [0.15, 0.2) is 0 Å². The lowest BCUT2D eigenvalue weighted by Gasteiger charge is -2.06. The lowest BCUT2D eigenvalue weighted by atomic mass is 10.1. The number of ether oxygens (including phenoxy) is 2. The van der Waals surface area contributed by atoms with E-state index >= 15 is 0 Å². The van der Waals surface area contributed by atoms with E-state index < -0.39 is 6.16 Å². The summed E-state index contributed by atoms with van der Waals surface area (Å²) in [4.78, 5) is 10.3. The average molecular weight is 196 g/mol. The summed E-state index contributed by atoms with van der Waals surface area (Å²) < 4.78 is 9.51. The van der Waals surface area contributed by atoms with E-state index in [4.69, 9.17) is 9.84 Å². The highest BCUT2D eigenvalue weighted by atomic mass is 16.7. The van der Waals surface area contributed by atoms with Gasteiger partial charge in [0, 0.05) is 7.11 Å². The Morgan fingerprint density at radius 3 is 2.79 bits per heavy atom. The summed E-state index contributed by atoms with van der Waals surface area (Å²) in [6.07, 6.45) is -0.658. The van der Waals surface area contributed by atoms with Crippen LogP contribution in [0.1, 0.15) is 5.56 Å². The summed E-state index contributed by atoms with van der Waals surface area (Å²) in [6.45, 7) is 0.542. The van der Waals surface area contributed by atoms with Crippen molar-refractivity contribution in [1.29, 1.82) is 0 Å². The number of para-hydroxylation sites is 1. The van der Waals surface area contributed by atoms with E-state index in [-0.39, 0.29) is 0 Å². The summed E-state index contributed by atoms with van der Waals surface area (Å²) in [5.41, 5.74) is 0.830. The third-order valence-electron chi connectivity index (χ3n) is 1.75. The van der Waals surface area contributed by atoms with Crippen molar-refractivity contribution in [3.8, 4) is 5.75 Å². The van der Waals surface area contributed by atoms with Crippen molar-refractivity contribution in [1.82, 2.24) is 0 Å². The topological polar surface area (TPSA) is 55.8 Å². The summed E-state index contributed by atoms with van der Waals surface area (Å²) in [5, 5.41) is 8.46. The van der Waals surface area contributed by atoms with Crippen molar-refractivity contribution in [3.63, 3.8) is 0 Å². The third-order valence-corrected chi connectivity index (χ3v) is 1.75. The van der Waals surface area contributed by atoms with Gasteiger partial charge in [0.25, 0.3) is 0 Å². The van der Waals surface area contributed by atoms with Crippen molar-refractivity contribution < 1.29 is 19.4 Å². The molecule has 0 saturated heterocycles. The SMILES string of the molecule is COCCc1ccccc1OC(=O)O. The van der Waals surface area contributed by atoms with E-state index in [1.807, 2.05) is 12.1 Å². The molecule has 0 fully saturated rings. The number of methoxy groups -OCH3 is 1. The smallest absolute Gasteiger partial charge is 0.449 e. The van der Waals surface area contributed by atoms with Crippen LogP contribution < -0.4 is 4.74 Å². The molecule has 1 aromatic rings. The minimum absolute atomic E-state index is 0.372. The largest absolute Gasteiger partial charge is 0.511 e. The van der Waals surface area contributed by atoms with E-state index in [0.29, 0.717) is 18.8 Å². The molecule has 1 rings (SSSR count). The normalized spacial score (nSPS) is 9.79. The number of hydrogen-bond donors (Lipinski definition) is 1. The van der Waals surface area contributed by atoms with E-state index in [1.54, 1.807) is 19.2 Å². The Hall–Kier alpha value is -1.55. The zero-order valence-corrected chi connectivity index (χ0v) is 7.90. The fourth-order valence-corrected chi connectivity index (χ4v) is 1.12. The number of benzene rings is 1. The van der Waals surface area contributed by atoms with Crippen LogP contribution in [-0.2, 0) is 11.2 Å². The first-order valence-electron chi connectivity index (χ1n) is 4.21. The van der Waals surface area contributed by atoms with Gasteiger partial charge in [-0.25, -0.2) is 4.79 Å². The molecule has 14 heavy (non-hydrogen) atoms. The molecule has 0 spiro atoms. The van der Waals surface area contributed by atoms with E-state index in [1.165, 1.54) is 0 Å². The number of rotatable bonds is 4. The molecule has 0 unspecified atom stereocenters. The molecule has 0 amide bonds. The summed E-state index contributed by atoms with van der Waals surface area (Å²) >= 11 is 0. The van der Waals surface area contributed by atoms with Crippen LogP contribution in [0.25, 0.3) is 0 Å². The van der Waals surface area contributed by atoms with Gasteiger partial charge in [-0.2, -0.15) is 0 Å². The summed E-state index contributed by atoms with van der Waals surface area (Å²) in [5.74, 6) is 0.372. The Morgan fingerprint density at radius 2 is 2.14 bits per heavy atom. The molecule has 0 aliphatic rings. The van der Waals surface area contributed by atoms with Crippen molar-refractivity contribution in [2.24, 2.45) is 0 Å². The average Bonchev–Trinajstić information content (AvgIpc) is 2.16. The van der Waals surface area contributed by atoms with Gasteiger partial charge in [0.05, 0.1) is 6.61 Å². The molecule has 0 radical (unpaired) electrons. The first kappa shape index (κ1) is 10.5. The molecular formula is C10H12O4. The third kappa shape index (κ3) is 3.06. The molecule has 0 aliphatic heterocycles. The monoisotopic (exact) mass is 196 g/mol. The molecule has 0 heterocycles. The molecule has 0 aliphatic carbocycles. The van der Waals surface area contributed by atoms with Crippen LogP contribution in [0.15, 0.2) is 24.3 Å². The molecule has 76 valence electrons. The molecule has 1 aromatic carbocycles. The van der Waals surface area contributed by atoms with Crippen LogP contribution in [0, 0.1) is 0 Å². The number of carbonyl (C=O) groups is 1. The molecule has 0 aromatic heterocycles. The van der Waals surface area contributed by atoms with Crippen LogP contribution in [0.4, 0.5) is 4.79 Å². The van der Waals surface area contributed by atoms with Gasteiger partial charge in [-0.05, 0) is 18.1 Å². The van der Waals surface area contributed by atoms with Gasteiger partial charge in [0.1, 0.15) is 5.75 Å². The van der Waals surface area contributed by atoms with Crippen molar-refractivity contribution in [3.05, 3.63) is 29.8 Å². The second kappa shape index (κ2) is 5.24. The Bertz CT molecular complexity index is 309. The first-order chi connectivity index (χ1) is 6.74. The quantitative estimate of drug-likeness (QED) is 0.590. The molecule has 4 nitrogen and oxygen atoms in total. The molecular weight excluding hydrogens is 184 g/mol. The molecule has 0 bridgehead atoms. The Kier molecular flexibility index (Phi) is 3.94. The van der Waals surface area contributed by atoms with Gasteiger partial charge >= 0.3 is 6.16 Å². The Balaban J connectivity index is 2.74. The second-order valence-corrected chi connectivity index (χ2v) is 2.72. The van der Waals surface area contributed by atoms with Crippen molar-refractivity contribution in [2.75, 3.05) is 13.7 Å². The highest BCUT2D eigenvalue weighted by Gasteiger charge is 2.06. The van der Waals surface area contributed by atoms with Crippen LogP contribution in [0.5, 0.6) is 5.75 Å². The zero-order chi connectivity index (χ0) is 10.4. The second-order valence-electron chi connectivity index (χ2n) is 2.72. The number of carboxylic acid groups (broad SMARTS) is 1. The Labute approximate surface area is 82.1 Å². The van der Waals surface area contributed by atoms with Crippen molar-refractivity contribution in [2.45, 2.75) is 6.42 Å². The highest BCUT2D eigenvalue weighted by molar-refractivity contribution is 5.62. The van der Waals surface area contributed by atoms with E-state index in [9.17, 15) is 4.79 Å². The maximum atomic E-state index is 10.3. The number of hydrogen-bond acceptors (Lipinski definition) is 3. The van der Waals surface area contributed by atoms with Gasteiger partial charge in [-0.3, -0.25) is 0 Å². The van der Waals surface area contributed by atoms with Crippen LogP contribution in [0.2, 0.25) is 0 Å². The Morgan fingerprint density at radius 1 is 1.43 bits per heavy atom. The predicted octanol–water partition coefficient (Wildman–Crippen LogP) is 1.93. The minimum Gasteiger partial charge on any atom is -0.449 e. The molecule has 1 N–H and O–H groups in total. The van der Waals surface area contributed by atoms with Gasteiger partial charge in [-0.1, -0.05) is 18.2 Å². The van der Waals surface area contributed by atoms with E-state index in [2.05, 4.69) is 4.74 Å². The lowest BCUT2D eigenvalue weighted by molar-refractivity contribution is 0.143. The highest BCUT2D eigenvalue weighted by Crippen LogP contribution is 2.18. The van der Waals surface area contributed by atoms with Gasteiger partial charge < -0.3 is 14.6 Å². The standard InChI is InChI=1S/C10H12O4/c1-13-7-6-8-4-2-3-5-9(8)14-10(11)12/h2-5H,6-7H2,1H3,(H,11,12). The maximum absolute atomic E-state index is 10.3. The minimum atomic E-state index is -1.30. The van der Waals surface area contributed by atoms with Gasteiger partial charge in [-0.15, -0.1) is 0 Å². The first-order valence-corrected chi connectivity index (χ1v) is 4.21. The fourth-order valence-electron chi connectivity index (χ4n) is 1.12. The molecule has 0 atom stereocenters. The van der Waals surface area contributed by atoms with Crippen LogP contribution in [0.3, 0.4) is 0 Å². The maximum Gasteiger partial charge on any atom is 0.511 e. The van der Waals surface area contributed by atoms with Crippen LogP contribution in [-0.4, -0.2) is 25.0 Å². The lowest BCUT2D eigenvalue weighted by Crippen LogP contribution is -2.06. The predicted molar refractivity (Wildman–Crippen MR) is 50.7 cm³/mol. The zero-order valence-electron chi connectivity index (χ0n) is 7.90. The molecule has 0 saturated carbocycles. The molecule has 4 heteroatoms. The fraction of sp³-hybridized carbons (Fsp3) is 0.300. The van der Waals surface area contributed by atoms with Gasteiger partial charge in [0.2, 0.25) is 0 Å². The summed E-state index contributed by atoms with van der Waals surface area (Å²) in [7, 11) is 1.60. The van der Waals surface area contributed by atoms with E-state index in [0.717, 1.165) is 5.56 Å². The van der Waals surface area contributed by atoms with Crippen molar-refractivity contribution >= 4 is 6.16 Å².